The van der Waals surface area contributed by atoms with Gasteiger partial charge >= 0.3 is 0 Å². The molecule has 0 aliphatic carbocycles. The summed E-state index contributed by atoms with van der Waals surface area (Å²) in [5.74, 6) is 0.0872. The van der Waals surface area contributed by atoms with E-state index in [0.717, 1.165) is 16.2 Å². The molecule has 174 valence electrons. The summed E-state index contributed by atoms with van der Waals surface area (Å²) in [5, 5.41) is 3.19. The van der Waals surface area contributed by atoms with Crippen LogP contribution in [0.3, 0.4) is 0 Å². The number of nitrogens with zero attached hydrogens (tertiary/aromatic N) is 2. The summed E-state index contributed by atoms with van der Waals surface area (Å²) in [4.78, 5) is 30.4. The van der Waals surface area contributed by atoms with Gasteiger partial charge in [-0.3, -0.25) is 9.59 Å². The number of benzene rings is 3. The molecule has 1 aliphatic heterocycles. The third-order valence-corrected chi connectivity index (χ3v) is 5.67. The van der Waals surface area contributed by atoms with E-state index < -0.39 is 11.8 Å². The van der Waals surface area contributed by atoms with Crippen LogP contribution < -0.4 is 24.6 Å². The Labute approximate surface area is 199 Å². The van der Waals surface area contributed by atoms with Gasteiger partial charge in [-0.05, 0) is 36.8 Å². The number of carbonyl (C=O) groups excluding carboxylic acids is 2. The number of carbonyl (C=O) groups is 2. The standard InChI is InChI=1S/C27H27N3O4/c1-17-6-8-18(9-7-17)24-25(28-19-10-12-20(13-11-19)29(2)3)27(32)30(26(24)31)21-14-22(33-4)16-23(15-21)34-5/h6-16,28H,1-5H3. The molecule has 0 bridgehead atoms. The highest BCUT2D eigenvalue weighted by Gasteiger charge is 2.40. The molecule has 1 heterocycles. The molecule has 3 aromatic rings. The number of imide groups is 1. The molecular formula is C27H27N3O4. The molecule has 0 saturated heterocycles. The maximum atomic E-state index is 13.7. The van der Waals surface area contributed by atoms with Crippen LogP contribution in [0.25, 0.3) is 5.57 Å². The molecule has 0 aromatic heterocycles. The van der Waals surface area contributed by atoms with Gasteiger partial charge in [0, 0.05) is 43.7 Å². The van der Waals surface area contributed by atoms with Crippen LogP contribution in [0.1, 0.15) is 11.1 Å². The Hall–Kier alpha value is -4.26. The average molecular weight is 458 g/mol. The number of methoxy groups -OCH3 is 2. The molecule has 7 nitrogen and oxygen atoms in total. The van der Waals surface area contributed by atoms with Crippen molar-refractivity contribution in [1.29, 1.82) is 0 Å². The van der Waals surface area contributed by atoms with Crippen LogP contribution in [-0.2, 0) is 9.59 Å². The first kappa shape index (κ1) is 22.9. The number of ether oxygens (including phenoxy) is 2. The first-order chi connectivity index (χ1) is 16.3. The number of hydrogen-bond acceptors (Lipinski definition) is 6. The Bertz CT molecular complexity index is 1240. The van der Waals surface area contributed by atoms with Crippen molar-refractivity contribution in [3.8, 4) is 11.5 Å². The van der Waals surface area contributed by atoms with E-state index in [9.17, 15) is 9.59 Å². The van der Waals surface area contributed by atoms with E-state index in [0.29, 0.717) is 34.0 Å². The Morgan fingerprint density at radius 1 is 0.794 bits per heavy atom. The van der Waals surface area contributed by atoms with Crippen molar-refractivity contribution in [3.05, 3.63) is 83.6 Å². The average Bonchev–Trinajstić information content (AvgIpc) is 3.08. The van der Waals surface area contributed by atoms with E-state index in [4.69, 9.17) is 9.47 Å². The fourth-order valence-electron chi connectivity index (χ4n) is 3.78. The van der Waals surface area contributed by atoms with Crippen LogP contribution in [0.4, 0.5) is 17.1 Å². The molecule has 0 saturated carbocycles. The van der Waals surface area contributed by atoms with Crippen molar-refractivity contribution in [2.45, 2.75) is 6.92 Å². The summed E-state index contributed by atoms with van der Waals surface area (Å²) >= 11 is 0. The molecule has 34 heavy (non-hydrogen) atoms. The monoisotopic (exact) mass is 457 g/mol. The van der Waals surface area contributed by atoms with Gasteiger partial charge < -0.3 is 19.7 Å². The smallest absolute Gasteiger partial charge is 0.282 e. The summed E-state index contributed by atoms with van der Waals surface area (Å²) in [7, 11) is 6.96. The van der Waals surface area contributed by atoms with Gasteiger partial charge in [0.15, 0.2) is 0 Å². The van der Waals surface area contributed by atoms with Crippen LogP contribution in [0.5, 0.6) is 11.5 Å². The predicted molar refractivity (Wildman–Crippen MR) is 135 cm³/mol. The van der Waals surface area contributed by atoms with Crippen LogP contribution in [0.2, 0.25) is 0 Å². The SMILES string of the molecule is COc1cc(OC)cc(N2C(=O)C(Nc3ccc(N(C)C)cc3)=C(c3ccc(C)cc3)C2=O)c1. The summed E-state index contributed by atoms with van der Waals surface area (Å²) in [6, 6.07) is 20.1. The Morgan fingerprint density at radius 3 is 1.91 bits per heavy atom. The van der Waals surface area contributed by atoms with Crippen molar-refractivity contribution in [2.24, 2.45) is 0 Å². The summed E-state index contributed by atoms with van der Waals surface area (Å²) in [5.41, 5.74) is 4.35. The fraction of sp³-hybridized carbons (Fsp3) is 0.185. The number of aryl methyl sites for hydroxylation is 1. The molecule has 0 fully saturated rings. The zero-order valence-electron chi connectivity index (χ0n) is 19.9. The first-order valence-electron chi connectivity index (χ1n) is 10.8. The van der Waals surface area contributed by atoms with Gasteiger partial charge in [-0.1, -0.05) is 29.8 Å². The van der Waals surface area contributed by atoms with Gasteiger partial charge in [0.1, 0.15) is 17.2 Å². The lowest BCUT2D eigenvalue weighted by Crippen LogP contribution is -2.32. The molecule has 3 aromatic carbocycles. The minimum atomic E-state index is -0.451. The van der Waals surface area contributed by atoms with E-state index in [1.807, 2.05) is 74.4 Å². The molecule has 4 rings (SSSR count). The zero-order chi connectivity index (χ0) is 24.4. The Kier molecular flexibility index (Phi) is 6.27. The van der Waals surface area contributed by atoms with Crippen molar-refractivity contribution >= 4 is 34.4 Å². The summed E-state index contributed by atoms with van der Waals surface area (Å²) in [6.07, 6.45) is 0. The largest absolute Gasteiger partial charge is 0.497 e. The quantitative estimate of drug-likeness (QED) is 0.528. The lowest BCUT2D eigenvalue weighted by atomic mass is 10.0. The first-order valence-corrected chi connectivity index (χ1v) is 10.8. The van der Waals surface area contributed by atoms with E-state index in [1.165, 1.54) is 14.2 Å². The van der Waals surface area contributed by atoms with E-state index in [1.54, 1.807) is 18.2 Å². The predicted octanol–water partition coefficient (Wildman–Crippen LogP) is 4.47. The van der Waals surface area contributed by atoms with Crippen LogP contribution >= 0.6 is 0 Å². The number of nitrogens with one attached hydrogen (secondary N) is 1. The van der Waals surface area contributed by atoms with Crippen LogP contribution in [0.15, 0.2) is 72.4 Å². The summed E-state index contributed by atoms with van der Waals surface area (Å²) < 4.78 is 10.7. The van der Waals surface area contributed by atoms with Gasteiger partial charge in [-0.15, -0.1) is 0 Å². The van der Waals surface area contributed by atoms with Gasteiger partial charge in [-0.25, -0.2) is 4.90 Å². The van der Waals surface area contributed by atoms with Crippen molar-refractivity contribution in [2.75, 3.05) is 43.4 Å². The van der Waals surface area contributed by atoms with E-state index >= 15 is 0 Å². The normalized spacial score (nSPS) is 13.4. The third-order valence-electron chi connectivity index (χ3n) is 5.67. The van der Waals surface area contributed by atoms with Gasteiger partial charge in [0.25, 0.3) is 11.8 Å². The number of amides is 2. The maximum Gasteiger partial charge on any atom is 0.282 e. The second kappa shape index (κ2) is 9.31. The number of anilines is 3. The number of hydrogen-bond donors (Lipinski definition) is 1. The number of rotatable bonds is 7. The van der Waals surface area contributed by atoms with E-state index in [2.05, 4.69) is 5.32 Å². The lowest BCUT2D eigenvalue weighted by Gasteiger charge is -2.17. The molecule has 0 atom stereocenters. The topological polar surface area (TPSA) is 71.1 Å². The van der Waals surface area contributed by atoms with Gasteiger partial charge in [0.2, 0.25) is 0 Å². The van der Waals surface area contributed by atoms with Crippen molar-refractivity contribution < 1.29 is 19.1 Å². The van der Waals surface area contributed by atoms with Gasteiger partial charge in [0.05, 0.1) is 25.5 Å². The minimum absolute atomic E-state index is 0.216. The fourth-order valence-corrected chi connectivity index (χ4v) is 3.78. The second-order valence-electron chi connectivity index (χ2n) is 8.20. The maximum absolute atomic E-state index is 13.7. The third kappa shape index (κ3) is 4.32. The molecule has 1 N–H and O–H groups in total. The van der Waals surface area contributed by atoms with Crippen LogP contribution in [0, 0.1) is 6.92 Å². The molecule has 0 unspecified atom stereocenters. The molecule has 2 amide bonds. The molecule has 0 radical (unpaired) electrons. The molecule has 7 heteroatoms. The highest BCUT2D eigenvalue weighted by Crippen LogP contribution is 2.37. The molecule has 0 spiro atoms. The second-order valence-corrected chi connectivity index (χ2v) is 8.20. The Balaban J connectivity index is 1.80. The highest BCUT2D eigenvalue weighted by molar-refractivity contribution is 6.46. The summed E-state index contributed by atoms with van der Waals surface area (Å²) in [6.45, 7) is 1.97. The van der Waals surface area contributed by atoms with Crippen molar-refractivity contribution in [3.63, 3.8) is 0 Å². The lowest BCUT2D eigenvalue weighted by molar-refractivity contribution is -0.120. The van der Waals surface area contributed by atoms with Crippen LogP contribution in [-0.4, -0.2) is 40.1 Å². The molecule has 1 aliphatic rings. The highest BCUT2D eigenvalue weighted by atomic mass is 16.5. The molecular weight excluding hydrogens is 430 g/mol. The van der Waals surface area contributed by atoms with Crippen molar-refractivity contribution in [1.82, 2.24) is 0 Å². The zero-order valence-corrected chi connectivity index (χ0v) is 19.9. The minimum Gasteiger partial charge on any atom is -0.497 e. The van der Waals surface area contributed by atoms with E-state index in [-0.39, 0.29) is 5.70 Å². The van der Waals surface area contributed by atoms with Gasteiger partial charge in [-0.2, -0.15) is 0 Å². The Morgan fingerprint density at radius 2 is 1.38 bits per heavy atom.